The number of nitrogens with two attached hydrogens (primary N) is 1. The molecular weight excluding hydrogens is 172 g/mol. The molecule has 0 saturated heterocycles. The molecule has 0 fully saturated rings. The maximum atomic E-state index is 5.36. The van der Waals surface area contributed by atoms with Gasteiger partial charge in [-0.25, -0.2) is 0 Å². The van der Waals surface area contributed by atoms with Gasteiger partial charge in [-0.3, -0.25) is 0 Å². The van der Waals surface area contributed by atoms with E-state index in [1.807, 2.05) is 0 Å². The molecule has 0 aliphatic carbocycles. The first kappa shape index (κ1) is 12.1. The fraction of sp³-hybridized carbons (Fsp3) is 1.00. The average Bonchev–Trinajstić information content (AvgIpc) is 2.10. The fourth-order valence-corrected chi connectivity index (χ4v) is 2.31. The molecule has 0 spiro atoms. The van der Waals surface area contributed by atoms with Crippen LogP contribution >= 0.6 is 0 Å². The zero-order valence-corrected chi connectivity index (χ0v) is 9.32. The van der Waals surface area contributed by atoms with E-state index < -0.39 is 9.28 Å². The molecule has 4 nitrogen and oxygen atoms in total. The first-order valence-electron chi connectivity index (χ1n) is 4.23. The molecule has 0 amide bonds. The van der Waals surface area contributed by atoms with Gasteiger partial charge in [0.15, 0.2) is 0 Å². The Labute approximate surface area is 76.3 Å². The van der Waals surface area contributed by atoms with Gasteiger partial charge in [0.05, 0.1) is 0 Å². The molecular formula is C7H20N2O2Si. The van der Waals surface area contributed by atoms with Crippen LogP contribution in [0, 0.1) is 0 Å². The van der Waals surface area contributed by atoms with Crippen LogP contribution in [0.3, 0.4) is 0 Å². The SMILES string of the molecule is CO[SiH](CC(C)NCCN)OC. The highest BCUT2D eigenvalue weighted by molar-refractivity contribution is 6.44. The lowest BCUT2D eigenvalue weighted by atomic mass is 10.4. The molecule has 0 heterocycles. The lowest BCUT2D eigenvalue weighted by Gasteiger charge is -2.17. The van der Waals surface area contributed by atoms with Crippen LogP contribution in [0.25, 0.3) is 0 Å². The third-order valence-corrected chi connectivity index (χ3v) is 3.85. The summed E-state index contributed by atoms with van der Waals surface area (Å²) in [6.45, 7) is 3.65. The molecule has 0 aliphatic heterocycles. The minimum atomic E-state index is -1.40. The lowest BCUT2D eigenvalue weighted by Crippen LogP contribution is -2.35. The predicted octanol–water partition coefficient (Wildman–Crippen LogP) is -0.563. The van der Waals surface area contributed by atoms with Gasteiger partial charge in [0, 0.05) is 39.4 Å². The maximum Gasteiger partial charge on any atom is 0.322 e. The second kappa shape index (κ2) is 7.69. The third kappa shape index (κ3) is 5.67. The van der Waals surface area contributed by atoms with E-state index in [2.05, 4.69) is 12.2 Å². The zero-order chi connectivity index (χ0) is 9.40. The summed E-state index contributed by atoms with van der Waals surface area (Å²) in [6.07, 6.45) is 0. The van der Waals surface area contributed by atoms with Gasteiger partial charge in [0.1, 0.15) is 0 Å². The molecule has 0 aromatic carbocycles. The Morgan fingerprint density at radius 2 is 2.00 bits per heavy atom. The van der Waals surface area contributed by atoms with Crippen molar-refractivity contribution in [1.29, 1.82) is 0 Å². The van der Waals surface area contributed by atoms with Crippen molar-refractivity contribution in [2.24, 2.45) is 5.73 Å². The molecule has 0 rings (SSSR count). The van der Waals surface area contributed by atoms with E-state index in [0.29, 0.717) is 12.6 Å². The normalized spacial score (nSPS) is 13.8. The molecule has 0 bridgehead atoms. The van der Waals surface area contributed by atoms with Crippen molar-refractivity contribution in [2.75, 3.05) is 27.3 Å². The van der Waals surface area contributed by atoms with E-state index in [4.69, 9.17) is 14.6 Å². The summed E-state index contributed by atoms with van der Waals surface area (Å²) in [7, 11) is 2.01. The van der Waals surface area contributed by atoms with Gasteiger partial charge in [0.2, 0.25) is 0 Å². The van der Waals surface area contributed by atoms with Crippen LogP contribution in [0.2, 0.25) is 6.04 Å². The maximum absolute atomic E-state index is 5.36. The van der Waals surface area contributed by atoms with Crippen LogP contribution in [0.5, 0.6) is 0 Å². The summed E-state index contributed by atoms with van der Waals surface area (Å²) < 4.78 is 10.4. The fourth-order valence-electron chi connectivity index (χ4n) is 0.990. The van der Waals surface area contributed by atoms with Crippen molar-refractivity contribution in [3.63, 3.8) is 0 Å². The number of hydrogen-bond donors (Lipinski definition) is 2. The summed E-state index contributed by atoms with van der Waals surface area (Å²) in [5.41, 5.74) is 5.36. The zero-order valence-electron chi connectivity index (χ0n) is 8.17. The summed E-state index contributed by atoms with van der Waals surface area (Å²) in [5.74, 6) is 0. The summed E-state index contributed by atoms with van der Waals surface area (Å²) in [4.78, 5) is 0. The highest BCUT2D eigenvalue weighted by Gasteiger charge is 2.13. The molecule has 0 aromatic heterocycles. The van der Waals surface area contributed by atoms with E-state index in [9.17, 15) is 0 Å². The van der Waals surface area contributed by atoms with Crippen molar-refractivity contribution in [2.45, 2.75) is 19.0 Å². The first-order chi connectivity index (χ1) is 5.74. The van der Waals surface area contributed by atoms with Crippen molar-refractivity contribution in [3.05, 3.63) is 0 Å². The van der Waals surface area contributed by atoms with E-state index in [1.54, 1.807) is 14.2 Å². The van der Waals surface area contributed by atoms with Crippen molar-refractivity contribution in [3.8, 4) is 0 Å². The standard InChI is InChI=1S/C7H20N2O2Si/c1-7(9-5-4-8)6-12(10-2)11-3/h7,9,12H,4-6,8H2,1-3H3. The second-order valence-corrected chi connectivity index (χ2v) is 5.05. The van der Waals surface area contributed by atoms with Crippen LogP contribution in [-0.2, 0) is 8.85 Å². The molecule has 1 unspecified atom stereocenters. The number of hydrogen-bond acceptors (Lipinski definition) is 4. The molecule has 0 aromatic rings. The Hall–Kier alpha value is 0.0569. The monoisotopic (exact) mass is 192 g/mol. The highest BCUT2D eigenvalue weighted by atomic mass is 28.3. The van der Waals surface area contributed by atoms with Crippen LogP contribution in [0.15, 0.2) is 0 Å². The first-order valence-corrected chi connectivity index (χ1v) is 5.99. The minimum absolute atomic E-state index is 0.435. The van der Waals surface area contributed by atoms with Crippen molar-refractivity contribution in [1.82, 2.24) is 5.32 Å². The van der Waals surface area contributed by atoms with Gasteiger partial charge < -0.3 is 19.9 Å². The van der Waals surface area contributed by atoms with Crippen LogP contribution in [0.4, 0.5) is 0 Å². The third-order valence-electron chi connectivity index (χ3n) is 1.71. The minimum Gasteiger partial charge on any atom is -0.400 e. The van der Waals surface area contributed by atoms with Crippen molar-refractivity contribution >= 4 is 9.28 Å². The molecule has 0 radical (unpaired) electrons. The van der Waals surface area contributed by atoms with E-state index >= 15 is 0 Å². The molecule has 0 saturated carbocycles. The van der Waals surface area contributed by atoms with Crippen LogP contribution in [0.1, 0.15) is 6.92 Å². The molecule has 1 atom stereocenters. The van der Waals surface area contributed by atoms with Crippen LogP contribution < -0.4 is 11.1 Å². The summed E-state index contributed by atoms with van der Waals surface area (Å²) in [6, 6.07) is 1.41. The predicted molar refractivity (Wildman–Crippen MR) is 52.5 cm³/mol. The van der Waals surface area contributed by atoms with Gasteiger partial charge >= 0.3 is 9.28 Å². The Morgan fingerprint density at radius 3 is 2.42 bits per heavy atom. The smallest absolute Gasteiger partial charge is 0.322 e. The van der Waals surface area contributed by atoms with Gasteiger partial charge in [0.25, 0.3) is 0 Å². The van der Waals surface area contributed by atoms with E-state index in [0.717, 1.165) is 12.6 Å². The Balaban J connectivity index is 3.44. The molecule has 5 heteroatoms. The molecule has 3 N–H and O–H groups in total. The average molecular weight is 192 g/mol. The summed E-state index contributed by atoms with van der Waals surface area (Å²) in [5, 5.41) is 3.28. The Bertz CT molecular complexity index is 101. The molecule has 74 valence electrons. The quantitative estimate of drug-likeness (QED) is 0.531. The number of nitrogens with one attached hydrogen (secondary N) is 1. The van der Waals surface area contributed by atoms with Gasteiger partial charge in [-0.1, -0.05) is 0 Å². The van der Waals surface area contributed by atoms with Gasteiger partial charge in [-0.2, -0.15) is 0 Å². The van der Waals surface area contributed by atoms with Crippen molar-refractivity contribution < 1.29 is 8.85 Å². The van der Waals surface area contributed by atoms with Crippen LogP contribution in [-0.4, -0.2) is 42.6 Å². The van der Waals surface area contributed by atoms with E-state index in [1.165, 1.54) is 0 Å². The largest absolute Gasteiger partial charge is 0.400 e. The van der Waals surface area contributed by atoms with E-state index in [-0.39, 0.29) is 0 Å². The lowest BCUT2D eigenvalue weighted by molar-refractivity contribution is 0.273. The number of rotatable bonds is 7. The Morgan fingerprint density at radius 1 is 1.42 bits per heavy atom. The molecule has 0 aliphatic rings. The van der Waals surface area contributed by atoms with Gasteiger partial charge in [-0.15, -0.1) is 0 Å². The topological polar surface area (TPSA) is 56.5 Å². The summed E-state index contributed by atoms with van der Waals surface area (Å²) >= 11 is 0. The highest BCUT2D eigenvalue weighted by Crippen LogP contribution is 1.99. The second-order valence-electron chi connectivity index (χ2n) is 2.78. The Kier molecular flexibility index (Phi) is 7.73. The molecule has 12 heavy (non-hydrogen) atoms. The van der Waals surface area contributed by atoms with Gasteiger partial charge in [-0.05, 0) is 6.92 Å².